The summed E-state index contributed by atoms with van der Waals surface area (Å²) in [6.07, 6.45) is -0.854. The number of amides is 1. The van der Waals surface area contributed by atoms with Crippen molar-refractivity contribution in [1.82, 2.24) is 9.88 Å². The molecule has 0 aliphatic carbocycles. The highest BCUT2D eigenvalue weighted by molar-refractivity contribution is 5.88. The van der Waals surface area contributed by atoms with Crippen LogP contribution in [0.4, 0.5) is 8.78 Å². The molecular formula is C14H16F2N2O2. The minimum absolute atomic E-state index is 0.0384. The van der Waals surface area contributed by atoms with Gasteiger partial charge in [0.15, 0.2) is 0 Å². The highest BCUT2D eigenvalue weighted by Gasteiger charge is 2.19. The number of hydrogen-bond donors (Lipinski definition) is 2. The Labute approximate surface area is 115 Å². The van der Waals surface area contributed by atoms with Crippen molar-refractivity contribution in [2.75, 3.05) is 19.7 Å². The van der Waals surface area contributed by atoms with Gasteiger partial charge in [-0.25, -0.2) is 8.78 Å². The Morgan fingerprint density at radius 1 is 1.35 bits per heavy atom. The van der Waals surface area contributed by atoms with E-state index in [0.29, 0.717) is 0 Å². The third-order valence-corrected chi connectivity index (χ3v) is 3.10. The second kappa shape index (κ2) is 6.47. The largest absolute Gasteiger partial charge is 0.395 e. The molecule has 2 aromatic rings. The van der Waals surface area contributed by atoms with Gasteiger partial charge in [-0.3, -0.25) is 4.79 Å². The van der Waals surface area contributed by atoms with Crippen LogP contribution in [0, 0.1) is 0 Å². The normalized spacial score (nSPS) is 11.2. The average Bonchev–Trinajstić information content (AvgIpc) is 2.81. The van der Waals surface area contributed by atoms with Crippen LogP contribution in [0.25, 0.3) is 10.9 Å². The summed E-state index contributed by atoms with van der Waals surface area (Å²) in [5, 5.41) is 9.76. The van der Waals surface area contributed by atoms with E-state index in [2.05, 4.69) is 4.98 Å². The molecule has 0 unspecified atom stereocenters. The molecule has 1 amide bonds. The summed E-state index contributed by atoms with van der Waals surface area (Å²) < 4.78 is 24.8. The molecular weight excluding hydrogens is 266 g/mol. The minimum atomic E-state index is -2.60. The molecule has 0 saturated heterocycles. The van der Waals surface area contributed by atoms with Gasteiger partial charge in [-0.1, -0.05) is 18.2 Å². The predicted octanol–water partition coefficient (Wildman–Crippen LogP) is 1.80. The van der Waals surface area contributed by atoms with Gasteiger partial charge in [-0.15, -0.1) is 0 Å². The third-order valence-electron chi connectivity index (χ3n) is 3.10. The number of para-hydroxylation sites is 1. The molecule has 0 fully saturated rings. The van der Waals surface area contributed by atoms with Crippen LogP contribution in [-0.4, -0.2) is 47.0 Å². The summed E-state index contributed by atoms with van der Waals surface area (Å²) in [5.41, 5.74) is 1.67. The maximum Gasteiger partial charge on any atom is 0.255 e. The van der Waals surface area contributed by atoms with E-state index in [-0.39, 0.29) is 19.6 Å². The van der Waals surface area contributed by atoms with Gasteiger partial charge >= 0.3 is 0 Å². The smallest absolute Gasteiger partial charge is 0.255 e. The van der Waals surface area contributed by atoms with Crippen LogP contribution >= 0.6 is 0 Å². The second-order valence-electron chi connectivity index (χ2n) is 4.49. The number of benzene rings is 1. The Kier molecular flexibility index (Phi) is 4.68. The molecule has 0 aliphatic heterocycles. The van der Waals surface area contributed by atoms with E-state index in [1.807, 2.05) is 24.3 Å². The first-order chi connectivity index (χ1) is 9.61. The summed E-state index contributed by atoms with van der Waals surface area (Å²) in [6, 6.07) is 7.49. The average molecular weight is 282 g/mol. The monoisotopic (exact) mass is 282 g/mol. The molecule has 0 atom stereocenters. The van der Waals surface area contributed by atoms with Gasteiger partial charge in [0.25, 0.3) is 6.43 Å². The Bertz CT molecular complexity index is 583. The summed E-state index contributed by atoms with van der Waals surface area (Å²) in [7, 11) is 0. The highest BCUT2D eigenvalue weighted by Crippen LogP contribution is 2.18. The lowest BCUT2D eigenvalue weighted by Gasteiger charge is -2.21. The molecule has 0 saturated carbocycles. The van der Waals surface area contributed by atoms with E-state index in [1.54, 1.807) is 6.20 Å². The van der Waals surface area contributed by atoms with Gasteiger partial charge in [0, 0.05) is 23.6 Å². The Balaban J connectivity index is 2.12. The third kappa shape index (κ3) is 3.33. The molecule has 108 valence electrons. The Morgan fingerprint density at radius 2 is 2.10 bits per heavy atom. The number of halogens is 2. The maximum atomic E-state index is 12.4. The van der Waals surface area contributed by atoms with Gasteiger partial charge in [0.2, 0.25) is 5.91 Å². The Hall–Kier alpha value is -1.95. The fourth-order valence-corrected chi connectivity index (χ4v) is 2.16. The lowest BCUT2D eigenvalue weighted by Crippen LogP contribution is -2.38. The number of aliphatic hydroxyl groups is 1. The van der Waals surface area contributed by atoms with Gasteiger partial charge in [-0.05, 0) is 11.6 Å². The fraction of sp³-hybridized carbons (Fsp3) is 0.357. The summed E-state index contributed by atoms with van der Waals surface area (Å²) in [6.45, 7) is -1.06. The van der Waals surface area contributed by atoms with Gasteiger partial charge in [0.1, 0.15) is 0 Å². The number of alkyl halides is 2. The van der Waals surface area contributed by atoms with E-state index in [9.17, 15) is 13.6 Å². The number of rotatable bonds is 6. The molecule has 2 rings (SSSR count). The number of H-pyrrole nitrogens is 1. The van der Waals surface area contributed by atoms with Gasteiger partial charge in [-0.2, -0.15) is 0 Å². The van der Waals surface area contributed by atoms with Crippen molar-refractivity contribution in [3.8, 4) is 0 Å². The number of nitrogens with one attached hydrogen (secondary N) is 1. The molecule has 0 bridgehead atoms. The molecule has 0 spiro atoms. The molecule has 1 aromatic carbocycles. The van der Waals surface area contributed by atoms with Gasteiger partial charge < -0.3 is 15.0 Å². The van der Waals surface area contributed by atoms with Crippen LogP contribution in [0.2, 0.25) is 0 Å². The number of fused-ring (bicyclic) bond motifs is 1. The van der Waals surface area contributed by atoms with Crippen LogP contribution in [-0.2, 0) is 11.2 Å². The number of aromatic nitrogens is 1. The van der Waals surface area contributed by atoms with Crippen molar-refractivity contribution >= 4 is 16.8 Å². The molecule has 2 N–H and O–H groups in total. The van der Waals surface area contributed by atoms with Crippen molar-refractivity contribution in [3.63, 3.8) is 0 Å². The van der Waals surface area contributed by atoms with E-state index < -0.39 is 18.9 Å². The van der Waals surface area contributed by atoms with Crippen molar-refractivity contribution in [3.05, 3.63) is 36.0 Å². The summed E-state index contributed by atoms with van der Waals surface area (Å²) in [4.78, 5) is 16.1. The number of hydrogen-bond acceptors (Lipinski definition) is 2. The topological polar surface area (TPSA) is 56.3 Å². The van der Waals surface area contributed by atoms with E-state index in [1.165, 1.54) is 0 Å². The van der Waals surface area contributed by atoms with Crippen LogP contribution in [0.5, 0.6) is 0 Å². The first-order valence-corrected chi connectivity index (χ1v) is 6.33. The summed E-state index contributed by atoms with van der Waals surface area (Å²) in [5.74, 6) is -0.413. The van der Waals surface area contributed by atoms with Crippen molar-refractivity contribution < 1.29 is 18.7 Å². The lowest BCUT2D eigenvalue weighted by molar-refractivity contribution is -0.132. The zero-order valence-corrected chi connectivity index (χ0v) is 10.9. The lowest BCUT2D eigenvalue weighted by atomic mass is 10.1. The zero-order chi connectivity index (χ0) is 14.5. The zero-order valence-electron chi connectivity index (χ0n) is 10.9. The molecule has 6 heteroatoms. The van der Waals surface area contributed by atoms with E-state index in [4.69, 9.17) is 5.11 Å². The van der Waals surface area contributed by atoms with Gasteiger partial charge in [0.05, 0.1) is 19.6 Å². The van der Waals surface area contributed by atoms with Crippen LogP contribution in [0.15, 0.2) is 30.5 Å². The van der Waals surface area contributed by atoms with Crippen LogP contribution in [0.3, 0.4) is 0 Å². The van der Waals surface area contributed by atoms with Crippen LogP contribution < -0.4 is 0 Å². The first-order valence-electron chi connectivity index (χ1n) is 6.33. The number of nitrogens with zero attached hydrogens (tertiary/aromatic N) is 1. The first kappa shape index (κ1) is 14.5. The molecule has 1 heterocycles. The minimum Gasteiger partial charge on any atom is -0.395 e. The van der Waals surface area contributed by atoms with E-state index in [0.717, 1.165) is 21.4 Å². The molecule has 0 radical (unpaired) electrons. The Morgan fingerprint density at radius 3 is 2.80 bits per heavy atom. The molecule has 0 aliphatic rings. The second-order valence-corrected chi connectivity index (χ2v) is 4.49. The highest BCUT2D eigenvalue weighted by atomic mass is 19.3. The standard InChI is InChI=1S/C14H16F2N2O2/c15-13(16)9-18(5-6-19)14(20)7-10-8-17-12-4-2-1-3-11(10)12/h1-4,8,13,17,19H,5-7,9H2. The number of aromatic amines is 1. The fourth-order valence-electron chi connectivity index (χ4n) is 2.16. The SMILES string of the molecule is O=C(Cc1c[nH]c2ccccc12)N(CCO)CC(F)F. The molecule has 20 heavy (non-hydrogen) atoms. The number of carbonyl (C=O) groups is 1. The van der Waals surface area contributed by atoms with Crippen molar-refractivity contribution in [2.24, 2.45) is 0 Å². The van der Waals surface area contributed by atoms with Crippen molar-refractivity contribution in [1.29, 1.82) is 0 Å². The quantitative estimate of drug-likeness (QED) is 0.848. The van der Waals surface area contributed by atoms with Crippen molar-refractivity contribution in [2.45, 2.75) is 12.8 Å². The number of carbonyl (C=O) groups excluding carboxylic acids is 1. The van der Waals surface area contributed by atoms with Crippen LogP contribution in [0.1, 0.15) is 5.56 Å². The predicted molar refractivity (Wildman–Crippen MR) is 71.7 cm³/mol. The molecule has 4 nitrogen and oxygen atoms in total. The summed E-state index contributed by atoms with van der Waals surface area (Å²) >= 11 is 0. The molecule has 1 aromatic heterocycles. The maximum absolute atomic E-state index is 12.4. The number of aliphatic hydroxyl groups excluding tert-OH is 1. The van der Waals surface area contributed by atoms with E-state index >= 15 is 0 Å².